The molecule has 1 N–H and O–H groups in total. The van der Waals surface area contributed by atoms with E-state index in [1.54, 1.807) is 12.4 Å². The minimum Gasteiger partial charge on any atom is -0.324 e. The van der Waals surface area contributed by atoms with Gasteiger partial charge in [-0.2, -0.15) is 18.3 Å². The lowest BCUT2D eigenvalue weighted by Gasteiger charge is -2.08. The third-order valence-electron chi connectivity index (χ3n) is 5.07. The average molecular weight is 466 g/mol. The van der Waals surface area contributed by atoms with Gasteiger partial charge in [0.2, 0.25) is 5.91 Å². The molecule has 4 aromatic rings. The lowest BCUT2D eigenvalue weighted by atomic mass is 10.0. The molecule has 1 aromatic carbocycles. The van der Waals surface area contributed by atoms with E-state index in [2.05, 4.69) is 25.4 Å². The first-order valence-electron chi connectivity index (χ1n) is 10.5. The molecule has 0 radical (unpaired) electrons. The Morgan fingerprint density at radius 2 is 1.65 bits per heavy atom. The Kier molecular flexibility index (Phi) is 6.67. The second-order valence-electron chi connectivity index (χ2n) is 7.62. The van der Waals surface area contributed by atoms with Crippen molar-refractivity contribution in [2.75, 3.05) is 5.32 Å². The van der Waals surface area contributed by atoms with Crippen molar-refractivity contribution < 1.29 is 18.0 Å². The van der Waals surface area contributed by atoms with Gasteiger partial charge in [0.25, 0.3) is 0 Å². The number of hydrogen-bond acceptors (Lipinski definition) is 5. The van der Waals surface area contributed by atoms with Gasteiger partial charge in [0.15, 0.2) is 0 Å². The van der Waals surface area contributed by atoms with E-state index in [1.807, 2.05) is 48.3 Å². The average Bonchev–Trinajstić information content (AvgIpc) is 3.27. The van der Waals surface area contributed by atoms with E-state index in [0.29, 0.717) is 12.2 Å². The predicted octanol–water partition coefficient (Wildman–Crippen LogP) is 4.55. The Balaban J connectivity index is 1.34. The maximum absolute atomic E-state index is 12.6. The third kappa shape index (κ3) is 5.83. The van der Waals surface area contributed by atoms with Crippen molar-refractivity contribution in [1.82, 2.24) is 24.7 Å². The maximum Gasteiger partial charge on any atom is 0.433 e. The van der Waals surface area contributed by atoms with Crippen molar-refractivity contribution >= 4 is 11.6 Å². The summed E-state index contributed by atoms with van der Waals surface area (Å²) in [6.07, 6.45) is 4.44. The SMILES string of the molecule is CCn1cc(Cc2ncc(-c3ccc(CC(=O)Nc4ccc(C(F)(F)F)nc4)cc3)cn2)cn1. The van der Waals surface area contributed by atoms with Crippen molar-refractivity contribution in [1.29, 1.82) is 0 Å². The molecule has 0 saturated heterocycles. The van der Waals surface area contributed by atoms with Crippen molar-refractivity contribution in [2.45, 2.75) is 32.5 Å². The lowest BCUT2D eigenvalue weighted by Crippen LogP contribution is -2.15. The van der Waals surface area contributed by atoms with Crippen molar-refractivity contribution in [3.8, 4) is 11.1 Å². The molecule has 0 saturated carbocycles. The highest BCUT2D eigenvalue weighted by Gasteiger charge is 2.32. The van der Waals surface area contributed by atoms with Gasteiger partial charge in [-0.15, -0.1) is 0 Å². The Labute approximate surface area is 193 Å². The number of carbonyl (C=O) groups is 1. The second-order valence-corrected chi connectivity index (χ2v) is 7.62. The molecule has 174 valence electrons. The van der Waals surface area contributed by atoms with E-state index < -0.39 is 11.9 Å². The zero-order valence-electron chi connectivity index (χ0n) is 18.3. The fourth-order valence-corrected chi connectivity index (χ4v) is 3.29. The fraction of sp³-hybridized carbons (Fsp3) is 0.208. The van der Waals surface area contributed by atoms with Crippen LogP contribution < -0.4 is 5.32 Å². The molecule has 34 heavy (non-hydrogen) atoms. The van der Waals surface area contributed by atoms with Crippen LogP contribution in [0.4, 0.5) is 18.9 Å². The number of rotatable bonds is 7. The molecule has 3 heterocycles. The van der Waals surface area contributed by atoms with Crippen LogP contribution >= 0.6 is 0 Å². The zero-order valence-corrected chi connectivity index (χ0v) is 18.3. The monoisotopic (exact) mass is 466 g/mol. The molecule has 0 aliphatic rings. The first-order chi connectivity index (χ1) is 16.3. The van der Waals surface area contributed by atoms with Gasteiger partial charge in [-0.05, 0) is 35.7 Å². The van der Waals surface area contributed by atoms with Crippen LogP contribution in [-0.4, -0.2) is 30.6 Å². The number of aromatic nitrogens is 5. The van der Waals surface area contributed by atoms with Crippen molar-refractivity contribution in [2.24, 2.45) is 0 Å². The summed E-state index contributed by atoms with van der Waals surface area (Å²) in [6, 6.07) is 9.37. The van der Waals surface area contributed by atoms with Crippen LogP contribution in [0.2, 0.25) is 0 Å². The van der Waals surface area contributed by atoms with Gasteiger partial charge < -0.3 is 5.32 Å². The standard InChI is InChI=1S/C24H21F3N6O/c1-2-33-15-17(11-31-33)9-22-29-12-19(13-30-22)18-5-3-16(4-6-18)10-23(34)32-20-7-8-21(28-14-20)24(25,26)27/h3-8,11-15H,2,9-10H2,1H3,(H,32,34). The number of pyridine rings is 1. The van der Waals surface area contributed by atoms with Gasteiger partial charge in [-0.1, -0.05) is 24.3 Å². The molecule has 10 heteroatoms. The third-order valence-corrected chi connectivity index (χ3v) is 5.07. The first kappa shape index (κ1) is 23.1. The molecule has 0 unspecified atom stereocenters. The quantitative estimate of drug-likeness (QED) is 0.432. The summed E-state index contributed by atoms with van der Waals surface area (Å²) < 4.78 is 39.6. The van der Waals surface area contributed by atoms with Crippen LogP contribution in [0.25, 0.3) is 11.1 Å². The number of benzene rings is 1. The molecule has 7 nitrogen and oxygen atoms in total. The molecule has 1 amide bonds. The number of nitrogens with one attached hydrogen (secondary N) is 1. The zero-order chi connectivity index (χ0) is 24.1. The maximum atomic E-state index is 12.6. The molecule has 0 aliphatic carbocycles. The molecule has 0 fully saturated rings. The van der Waals surface area contributed by atoms with E-state index in [9.17, 15) is 18.0 Å². The summed E-state index contributed by atoms with van der Waals surface area (Å²) in [6.45, 7) is 2.83. The van der Waals surface area contributed by atoms with Gasteiger partial charge in [0, 0.05) is 37.1 Å². The number of halogens is 3. The lowest BCUT2D eigenvalue weighted by molar-refractivity contribution is -0.141. The molecular weight excluding hydrogens is 445 g/mol. The molecule has 4 rings (SSSR count). The second kappa shape index (κ2) is 9.82. The highest BCUT2D eigenvalue weighted by molar-refractivity contribution is 5.92. The van der Waals surface area contributed by atoms with Crippen LogP contribution in [0.3, 0.4) is 0 Å². The van der Waals surface area contributed by atoms with Gasteiger partial charge in [-0.25, -0.2) is 15.0 Å². The van der Waals surface area contributed by atoms with Crippen molar-refractivity contribution in [3.63, 3.8) is 0 Å². The summed E-state index contributed by atoms with van der Waals surface area (Å²) in [7, 11) is 0. The highest BCUT2D eigenvalue weighted by Crippen LogP contribution is 2.27. The van der Waals surface area contributed by atoms with Crippen LogP contribution in [0.5, 0.6) is 0 Å². The number of anilines is 1. The minimum absolute atomic E-state index is 0.0716. The Hall–Kier alpha value is -4.08. The Morgan fingerprint density at radius 1 is 0.912 bits per heavy atom. The van der Waals surface area contributed by atoms with Crippen LogP contribution in [0, 0.1) is 0 Å². The van der Waals surface area contributed by atoms with Crippen LogP contribution in [-0.2, 0) is 30.4 Å². The van der Waals surface area contributed by atoms with Gasteiger partial charge >= 0.3 is 6.18 Å². The number of alkyl halides is 3. The molecule has 3 aromatic heterocycles. The van der Waals surface area contributed by atoms with Crippen molar-refractivity contribution in [3.05, 3.63) is 90.0 Å². The summed E-state index contributed by atoms with van der Waals surface area (Å²) in [4.78, 5) is 24.4. The van der Waals surface area contributed by atoms with E-state index in [0.717, 1.165) is 41.1 Å². The number of amides is 1. The van der Waals surface area contributed by atoms with E-state index in [1.165, 1.54) is 6.07 Å². The molecular formula is C24H21F3N6O. The smallest absolute Gasteiger partial charge is 0.324 e. The number of nitrogens with zero attached hydrogens (tertiary/aromatic N) is 5. The molecule has 0 aliphatic heterocycles. The van der Waals surface area contributed by atoms with E-state index in [4.69, 9.17) is 0 Å². The highest BCUT2D eigenvalue weighted by atomic mass is 19.4. The first-order valence-corrected chi connectivity index (χ1v) is 10.5. The normalized spacial score (nSPS) is 11.4. The molecule has 0 bridgehead atoms. The van der Waals surface area contributed by atoms with Gasteiger partial charge in [0.1, 0.15) is 11.5 Å². The molecule has 0 atom stereocenters. The van der Waals surface area contributed by atoms with E-state index >= 15 is 0 Å². The summed E-state index contributed by atoms with van der Waals surface area (Å²) >= 11 is 0. The fourth-order valence-electron chi connectivity index (χ4n) is 3.29. The van der Waals surface area contributed by atoms with Crippen LogP contribution in [0.15, 0.2) is 67.4 Å². The Bertz CT molecular complexity index is 1250. The number of carbonyl (C=O) groups excluding carboxylic acids is 1. The summed E-state index contributed by atoms with van der Waals surface area (Å²) in [5, 5.41) is 6.80. The predicted molar refractivity (Wildman–Crippen MR) is 120 cm³/mol. The minimum atomic E-state index is -4.52. The van der Waals surface area contributed by atoms with Crippen LogP contribution in [0.1, 0.15) is 29.6 Å². The number of aryl methyl sites for hydroxylation is 1. The Morgan fingerprint density at radius 3 is 2.24 bits per heavy atom. The van der Waals surface area contributed by atoms with Gasteiger partial charge in [-0.3, -0.25) is 9.48 Å². The summed E-state index contributed by atoms with van der Waals surface area (Å²) in [5.41, 5.74) is 2.75. The number of hydrogen-bond donors (Lipinski definition) is 1. The topological polar surface area (TPSA) is 85.6 Å². The molecule has 0 spiro atoms. The summed E-state index contributed by atoms with van der Waals surface area (Å²) in [5.74, 6) is 0.346. The largest absolute Gasteiger partial charge is 0.433 e. The van der Waals surface area contributed by atoms with Gasteiger partial charge in [0.05, 0.1) is 24.5 Å². The van der Waals surface area contributed by atoms with E-state index in [-0.39, 0.29) is 18.0 Å².